The van der Waals surface area contributed by atoms with Crippen molar-refractivity contribution in [1.29, 1.82) is 0 Å². The lowest BCUT2D eigenvalue weighted by Crippen LogP contribution is -2.44. The van der Waals surface area contributed by atoms with Crippen molar-refractivity contribution in [1.82, 2.24) is 10.2 Å². The molecular weight excluding hydrogens is 346 g/mol. The molecule has 2 rings (SSSR count). The predicted octanol–water partition coefficient (Wildman–Crippen LogP) is 2.76. The second-order valence-electron chi connectivity index (χ2n) is 5.85. The number of thioether (sulfide) groups is 1. The monoisotopic (exact) mass is 371 g/mol. The summed E-state index contributed by atoms with van der Waals surface area (Å²) in [6.07, 6.45) is 2.16. The number of anilines is 1. The molecule has 2 atom stereocenters. The topological polar surface area (TPSA) is 61.4 Å². The smallest absolute Gasteiger partial charge is 0.236 e. The van der Waals surface area contributed by atoms with Gasteiger partial charge in [0.25, 0.3) is 0 Å². The van der Waals surface area contributed by atoms with Crippen LogP contribution in [0.4, 0.5) is 5.69 Å². The first-order chi connectivity index (χ1) is 11.0. The van der Waals surface area contributed by atoms with E-state index in [1.54, 1.807) is 11.8 Å². The van der Waals surface area contributed by atoms with Crippen molar-refractivity contribution in [3.05, 3.63) is 24.3 Å². The summed E-state index contributed by atoms with van der Waals surface area (Å²) >= 11 is 1.56. The number of benzene rings is 1. The standard InChI is InChI=1S/C17H25N3O2S.ClH/c1-12(17(22)20-10-4-5-15(20)11-18-3)23-16-8-6-14(7-9-16)19-13(2)21;/h6-9,12,15,18H,4-5,10-11H2,1-3H3,(H,19,21);1H. The van der Waals surface area contributed by atoms with Crippen molar-refractivity contribution in [3.63, 3.8) is 0 Å². The fourth-order valence-corrected chi connectivity index (χ4v) is 3.82. The van der Waals surface area contributed by atoms with Crippen LogP contribution in [0.25, 0.3) is 0 Å². The van der Waals surface area contributed by atoms with Gasteiger partial charge in [-0.05, 0) is 51.1 Å². The van der Waals surface area contributed by atoms with Gasteiger partial charge in [0.2, 0.25) is 11.8 Å². The van der Waals surface area contributed by atoms with Crippen molar-refractivity contribution in [2.24, 2.45) is 0 Å². The molecule has 1 heterocycles. The Morgan fingerprint density at radius 2 is 2.00 bits per heavy atom. The third-order valence-corrected chi connectivity index (χ3v) is 5.03. The highest BCUT2D eigenvalue weighted by Gasteiger charge is 2.31. The maximum atomic E-state index is 12.7. The zero-order valence-electron chi connectivity index (χ0n) is 14.4. The molecule has 1 saturated heterocycles. The van der Waals surface area contributed by atoms with E-state index in [1.165, 1.54) is 6.92 Å². The third-order valence-electron chi connectivity index (χ3n) is 3.94. The van der Waals surface area contributed by atoms with E-state index in [4.69, 9.17) is 0 Å². The summed E-state index contributed by atoms with van der Waals surface area (Å²) in [6.45, 7) is 5.16. The fourth-order valence-electron chi connectivity index (χ4n) is 2.88. The number of likely N-dealkylation sites (N-methyl/N-ethyl adjacent to an activating group) is 1. The molecule has 2 N–H and O–H groups in total. The summed E-state index contributed by atoms with van der Waals surface area (Å²) < 4.78 is 0. The summed E-state index contributed by atoms with van der Waals surface area (Å²) in [5.41, 5.74) is 0.773. The second-order valence-corrected chi connectivity index (χ2v) is 7.27. The highest BCUT2D eigenvalue weighted by atomic mass is 35.5. The molecule has 0 aromatic heterocycles. The Bertz CT molecular complexity index is 553. The molecule has 2 unspecified atom stereocenters. The quantitative estimate of drug-likeness (QED) is 0.755. The molecule has 1 fully saturated rings. The Labute approximate surface area is 154 Å². The number of carbonyl (C=O) groups is 2. The highest BCUT2D eigenvalue weighted by Crippen LogP contribution is 2.28. The molecule has 7 heteroatoms. The number of nitrogens with zero attached hydrogens (tertiary/aromatic N) is 1. The Hall–Kier alpha value is -1.24. The van der Waals surface area contributed by atoms with Gasteiger partial charge in [0, 0.05) is 36.6 Å². The average molecular weight is 372 g/mol. The van der Waals surface area contributed by atoms with Gasteiger partial charge in [-0.2, -0.15) is 0 Å². The third kappa shape index (κ3) is 5.69. The zero-order chi connectivity index (χ0) is 16.8. The maximum Gasteiger partial charge on any atom is 0.236 e. The first-order valence-electron chi connectivity index (χ1n) is 8.00. The lowest BCUT2D eigenvalue weighted by Gasteiger charge is -2.27. The van der Waals surface area contributed by atoms with Crippen LogP contribution in [-0.2, 0) is 9.59 Å². The second kappa shape index (κ2) is 9.91. The first-order valence-corrected chi connectivity index (χ1v) is 8.88. The summed E-state index contributed by atoms with van der Waals surface area (Å²) in [6, 6.07) is 7.92. The lowest BCUT2D eigenvalue weighted by atomic mass is 10.2. The van der Waals surface area contributed by atoms with E-state index in [0.717, 1.165) is 36.5 Å². The van der Waals surface area contributed by atoms with Crippen molar-refractivity contribution >= 4 is 41.7 Å². The molecule has 0 bridgehead atoms. The van der Waals surface area contributed by atoms with E-state index >= 15 is 0 Å². The number of hydrogen-bond donors (Lipinski definition) is 2. The van der Waals surface area contributed by atoms with Crippen LogP contribution in [0, 0.1) is 0 Å². The Morgan fingerprint density at radius 1 is 1.33 bits per heavy atom. The molecule has 24 heavy (non-hydrogen) atoms. The van der Waals surface area contributed by atoms with Gasteiger partial charge in [-0.15, -0.1) is 24.2 Å². The molecular formula is C17H26ClN3O2S. The van der Waals surface area contributed by atoms with Crippen LogP contribution < -0.4 is 10.6 Å². The predicted molar refractivity (Wildman–Crippen MR) is 102 cm³/mol. The molecule has 1 aromatic carbocycles. The van der Waals surface area contributed by atoms with Crippen LogP contribution in [0.5, 0.6) is 0 Å². The normalized spacial score (nSPS) is 18.0. The number of carbonyl (C=O) groups excluding carboxylic acids is 2. The Morgan fingerprint density at radius 3 is 2.58 bits per heavy atom. The summed E-state index contributed by atoms with van der Waals surface area (Å²) in [5, 5.41) is 5.80. The number of nitrogens with one attached hydrogen (secondary N) is 2. The number of amides is 2. The minimum Gasteiger partial charge on any atom is -0.337 e. The number of rotatable bonds is 6. The van der Waals surface area contributed by atoms with Crippen molar-refractivity contribution in [2.45, 2.75) is 42.9 Å². The molecule has 0 aliphatic carbocycles. The lowest BCUT2D eigenvalue weighted by molar-refractivity contribution is -0.131. The molecule has 0 spiro atoms. The molecule has 0 radical (unpaired) electrons. The maximum absolute atomic E-state index is 12.7. The molecule has 1 aliphatic rings. The summed E-state index contributed by atoms with van der Waals surface area (Å²) in [5.74, 6) is 0.122. The van der Waals surface area contributed by atoms with Crippen LogP contribution in [0.3, 0.4) is 0 Å². The van der Waals surface area contributed by atoms with Gasteiger partial charge in [-0.25, -0.2) is 0 Å². The van der Waals surface area contributed by atoms with Crippen LogP contribution in [0.1, 0.15) is 26.7 Å². The van der Waals surface area contributed by atoms with Gasteiger partial charge in [-0.3, -0.25) is 9.59 Å². The molecule has 5 nitrogen and oxygen atoms in total. The first kappa shape index (κ1) is 20.8. The average Bonchev–Trinajstić information content (AvgIpc) is 2.96. The van der Waals surface area contributed by atoms with Gasteiger partial charge in [0.1, 0.15) is 0 Å². The Kier molecular flexibility index (Phi) is 8.59. The summed E-state index contributed by atoms with van der Waals surface area (Å²) in [4.78, 5) is 26.7. The highest BCUT2D eigenvalue weighted by molar-refractivity contribution is 8.00. The van der Waals surface area contributed by atoms with Crippen molar-refractivity contribution in [3.8, 4) is 0 Å². The Balaban J connectivity index is 0.00000288. The van der Waals surface area contributed by atoms with Gasteiger partial charge < -0.3 is 15.5 Å². The van der Waals surface area contributed by atoms with Crippen molar-refractivity contribution < 1.29 is 9.59 Å². The van der Waals surface area contributed by atoms with Crippen LogP contribution in [0.15, 0.2) is 29.2 Å². The minimum absolute atomic E-state index is 0. The van der Waals surface area contributed by atoms with Crippen LogP contribution in [0.2, 0.25) is 0 Å². The van der Waals surface area contributed by atoms with Gasteiger partial charge in [0.15, 0.2) is 0 Å². The number of halogens is 1. The van der Waals surface area contributed by atoms with Crippen molar-refractivity contribution in [2.75, 3.05) is 25.5 Å². The molecule has 1 aliphatic heterocycles. The number of likely N-dealkylation sites (tertiary alicyclic amines) is 1. The van der Waals surface area contributed by atoms with E-state index in [-0.39, 0.29) is 29.5 Å². The molecule has 2 amide bonds. The zero-order valence-corrected chi connectivity index (χ0v) is 16.0. The van der Waals surface area contributed by atoms with E-state index in [1.807, 2.05) is 43.1 Å². The number of hydrogen-bond acceptors (Lipinski definition) is 4. The van der Waals surface area contributed by atoms with E-state index in [9.17, 15) is 9.59 Å². The largest absolute Gasteiger partial charge is 0.337 e. The summed E-state index contributed by atoms with van der Waals surface area (Å²) in [7, 11) is 1.93. The molecule has 1 aromatic rings. The van der Waals surface area contributed by atoms with Gasteiger partial charge >= 0.3 is 0 Å². The van der Waals surface area contributed by atoms with E-state index in [0.29, 0.717) is 6.04 Å². The fraction of sp³-hybridized carbons (Fsp3) is 0.529. The van der Waals surface area contributed by atoms with Gasteiger partial charge in [-0.1, -0.05) is 0 Å². The minimum atomic E-state index is -0.112. The van der Waals surface area contributed by atoms with Crippen LogP contribution >= 0.6 is 24.2 Å². The molecule has 0 saturated carbocycles. The van der Waals surface area contributed by atoms with E-state index < -0.39 is 0 Å². The van der Waals surface area contributed by atoms with Gasteiger partial charge in [0.05, 0.1) is 5.25 Å². The molecule has 134 valence electrons. The van der Waals surface area contributed by atoms with E-state index in [2.05, 4.69) is 10.6 Å². The van der Waals surface area contributed by atoms with Crippen LogP contribution in [-0.4, -0.2) is 48.1 Å². The SMILES string of the molecule is CNCC1CCCN1C(=O)C(C)Sc1ccc(NC(C)=O)cc1.Cl.